The number of nitriles is 2. The van der Waals surface area contributed by atoms with Crippen LogP contribution in [0.3, 0.4) is 0 Å². The average molecular weight is 316 g/mol. The van der Waals surface area contributed by atoms with Crippen molar-refractivity contribution in [1.29, 1.82) is 10.5 Å². The number of phenols is 2. The fraction of sp³-hybridized carbons (Fsp3) is 0. The molecule has 6 nitrogen and oxygen atoms in total. The third-order valence-corrected chi connectivity index (χ3v) is 2.98. The summed E-state index contributed by atoms with van der Waals surface area (Å²) in [6, 6.07) is 16.5. The zero-order chi connectivity index (χ0) is 17.4. The molecule has 0 aromatic heterocycles. The molecule has 0 bridgehead atoms. The van der Waals surface area contributed by atoms with Crippen LogP contribution < -0.4 is 0 Å². The van der Waals surface area contributed by atoms with Gasteiger partial charge in [0.25, 0.3) is 0 Å². The van der Waals surface area contributed by atoms with E-state index >= 15 is 0 Å². The van der Waals surface area contributed by atoms with Gasteiger partial charge in [-0.2, -0.15) is 10.5 Å². The smallest absolute Gasteiger partial charge is 0.176 e. The number of aliphatic imine (C=N–C) groups is 2. The van der Waals surface area contributed by atoms with Gasteiger partial charge in [0.15, 0.2) is 11.4 Å². The van der Waals surface area contributed by atoms with Crippen LogP contribution in [0.25, 0.3) is 0 Å². The van der Waals surface area contributed by atoms with Gasteiger partial charge in [0, 0.05) is 23.6 Å². The highest BCUT2D eigenvalue weighted by molar-refractivity contribution is 5.85. The first-order valence-electron chi connectivity index (χ1n) is 6.84. The van der Waals surface area contributed by atoms with E-state index in [1.165, 1.54) is 24.6 Å². The maximum absolute atomic E-state index is 9.66. The second-order valence-electron chi connectivity index (χ2n) is 4.55. The molecule has 0 atom stereocenters. The maximum Gasteiger partial charge on any atom is 0.176 e. The monoisotopic (exact) mass is 316 g/mol. The Morgan fingerprint density at radius 1 is 0.750 bits per heavy atom. The summed E-state index contributed by atoms with van der Waals surface area (Å²) >= 11 is 0. The molecule has 2 aromatic rings. The molecule has 24 heavy (non-hydrogen) atoms. The number of hydrogen-bond donors (Lipinski definition) is 2. The summed E-state index contributed by atoms with van der Waals surface area (Å²) in [6.45, 7) is 0. The van der Waals surface area contributed by atoms with E-state index in [0.717, 1.165) is 0 Å². The molecule has 0 aliphatic carbocycles. The lowest BCUT2D eigenvalue weighted by atomic mass is 10.2. The molecular weight excluding hydrogens is 304 g/mol. The van der Waals surface area contributed by atoms with E-state index in [4.69, 9.17) is 10.5 Å². The minimum atomic E-state index is -0.201. The van der Waals surface area contributed by atoms with Gasteiger partial charge in [-0.25, -0.2) is 9.98 Å². The van der Waals surface area contributed by atoms with E-state index in [-0.39, 0.29) is 22.9 Å². The predicted molar refractivity (Wildman–Crippen MR) is 89.7 cm³/mol. The van der Waals surface area contributed by atoms with Crippen LogP contribution in [0.2, 0.25) is 0 Å². The third kappa shape index (κ3) is 4.06. The molecule has 2 aromatic carbocycles. The first-order chi connectivity index (χ1) is 11.7. The first kappa shape index (κ1) is 16.5. The number of hydrogen-bond acceptors (Lipinski definition) is 6. The van der Waals surface area contributed by atoms with Crippen molar-refractivity contribution in [3.63, 3.8) is 0 Å². The fourth-order valence-corrected chi connectivity index (χ4v) is 1.75. The van der Waals surface area contributed by atoms with Crippen molar-refractivity contribution in [3.8, 4) is 23.6 Å². The fourth-order valence-electron chi connectivity index (χ4n) is 1.75. The summed E-state index contributed by atoms with van der Waals surface area (Å²) in [6.07, 6.45) is 2.56. The summed E-state index contributed by atoms with van der Waals surface area (Å²) in [5, 5.41) is 37.7. The highest BCUT2D eigenvalue weighted by Crippen LogP contribution is 2.16. The standard InChI is InChI=1S/C18H12N4O2/c19-9-15(21-11-13-5-1-3-7-17(13)23)16(10-20)22-12-14-6-2-4-8-18(14)24/h1-8,11-12,23-24H/b16-15-,21-11+,22-12+. The summed E-state index contributed by atoms with van der Waals surface area (Å²) in [4.78, 5) is 7.83. The van der Waals surface area contributed by atoms with Crippen LogP contribution in [0, 0.1) is 22.7 Å². The molecule has 0 radical (unpaired) electrons. The number of benzene rings is 2. The van der Waals surface area contributed by atoms with Crippen molar-refractivity contribution in [2.45, 2.75) is 0 Å². The van der Waals surface area contributed by atoms with Gasteiger partial charge < -0.3 is 10.2 Å². The Morgan fingerprint density at radius 2 is 1.12 bits per heavy atom. The van der Waals surface area contributed by atoms with Gasteiger partial charge >= 0.3 is 0 Å². The maximum atomic E-state index is 9.66. The number of rotatable bonds is 4. The average Bonchev–Trinajstić information content (AvgIpc) is 2.60. The number of nitrogens with zero attached hydrogens (tertiary/aromatic N) is 4. The predicted octanol–water partition coefficient (Wildman–Crippen LogP) is 2.89. The molecular formula is C18H12N4O2. The highest BCUT2D eigenvalue weighted by atomic mass is 16.3. The molecule has 6 heteroatoms. The highest BCUT2D eigenvalue weighted by Gasteiger charge is 2.04. The van der Waals surface area contributed by atoms with Gasteiger partial charge in [0.1, 0.15) is 23.6 Å². The Hall–Kier alpha value is -3.90. The van der Waals surface area contributed by atoms with E-state index in [1.807, 2.05) is 0 Å². The molecule has 0 spiro atoms. The SMILES string of the molecule is N#CC(/N=C/c1ccccc1O)=C(C#N)/N=C/c1ccccc1O. The van der Waals surface area contributed by atoms with Crippen LogP contribution in [0.15, 0.2) is 69.9 Å². The van der Waals surface area contributed by atoms with Crippen LogP contribution in [-0.4, -0.2) is 22.6 Å². The molecule has 2 N–H and O–H groups in total. The molecule has 0 aliphatic rings. The lowest BCUT2D eigenvalue weighted by molar-refractivity contribution is 0.474. The van der Waals surface area contributed by atoms with Gasteiger partial charge in [-0.3, -0.25) is 0 Å². The van der Waals surface area contributed by atoms with Crippen molar-refractivity contribution in [3.05, 3.63) is 71.1 Å². The molecule has 0 saturated carbocycles. The van der Waals surface area contributed by atoms with E-state index in [2.05, 4.69) is 9.98 Å². The molecule has 0 unspecified atom stereocenters. The molecule has 0 heterocycles. The second-order valence-corrected chi connectivity index (χ2v) is 4.55. The molecule has 0 fully saturated rings. The van der Waals surface area contributed by atoms with Crippen molar-refractivity contribution < 1.29 is 10.2 Å². The lowest BCUT2D eigenvalue weighted by Gasteiger charge is -1.98. The number of aromatic hydroxyl groups is 2. The van der Waals surface area contributed by atoms with Gasteiger partial charge in [0.05, 0.1) is 0 Å². The molecule has 0 amide bonds. The van der Waals surface area contributed by atoms with Crippen molar-refractivity contribution in [1.82, 2.24) is 0 Å². The van der Waals surface area contributed by atoms with Crippen LogP contribution in [0.1, 0.15) is 11.1 Å². The zero-order valence-corrected chi connectivity index (χ0v) is 12.5. The third-order valence-electron chi connectivity index (χ3n) is 2.98. The minimum absolute atomic E-state index is 0.00903. The summed E-state index contributed by atoms with van der Waals surface area (Å²) < 4.78 is 0. The number of phenolic OH excluding ortho intramolecular Hbond substituents is 2. The minimum Gasteiger partial charge on any atom is -0.507 e. The van der Waals surface area contributed by atoms with E-state index in [0.29, 0.717) is 11.1 Å². The topological polar surface area (TPSA) is 113 Å². The van der Waals surface area contributed by atoms with E-state index in [1.54, 1.807) is 48.5 Å². The Balaban J connectivity index is 2.34. The Kier molecular flexibility index (Phi) is 5.44. The summed E-state index contributed by atoms with van der Waals surface area (Å²) in [5.74, 6) is 0.0181. The number of para-hydroxylation sites is 2. The molecule has 116 valence electrons. The number of allylic oxidation sites excluding steroid dienone is 2. The lowest BCUT2D eigenvalue weighted by Crippen LogP contribution is -1.88. The van der Waals surface area contributed by atoms with Crippen LogP contribution in [0.5, 0.6) is 11.5 Å². The van der Waals surface area contributed by atoms with E-state index < -0.39 is 0 Å². The zero-order valence-electron chi connectivity index (χ0n) is 12.5. The normalized spacial score (nSPS) is 11.9. The van der Waals surface area contributed by atoms with Crippen molar-refractivity contribution in [2.75, 3.05) is 0 Å². The Morgan fingerprint density at radius 3 is 1.46 bits per heavy atom. The Bertz CT molecular complexity index is 840. The van der Waals surface area contributed by atoms with Crippen LogP contribution in [0.4, 0.5) is 0 Å². The summed E-state index contributed by atoms with van der Waals surface area (Å²) in [5.41, 5.74) is 0.416. The quantitative estimate of drug-likeness (QED) is 0.667. The van der Waals surface area contributed by atoms with Crippen LogP contribution >= 0.6 is 0 Å². The van der Waals surface area contributed by atoms with Gasteiger partial charge in [-0.1, -0.05) is 24.3 Å². The van der Waals surface area contributed by atoms with Crippen molar-refractivity contribution >= 4 is 12.4 Å². The molecule has 2 rings (SSSR count). The Labute approximate surface area is 138 Å². The van der Waals surface area contributed by atoms with Gasteiger partial charge in [-0.15, -0.1) is 0 Å². The molecule has 0 aliphatic heterocycles. The van der Waals surface area contributed by atoms with Crippen molar-refractivity contribution in [2.24, 2.45) is 9.98 Å². The first-order valence-corrected chi connectivity index (χ1v) is 6.84. The summed E-state index contributed by atoms with van der Waals surface area (Å²) in [7, 11) is 0. The van der Waals surface area contributed by atoms with Crippen LogP contribution in [-0.2, 0) is 0 Å². The van der Waals surface area contributed by atoms with E-state index in [9.17, 15) is 10.2 Å². The van der Waals surface area contributed by atoms with Gasteiger partial charge in [0.2, 0.25) is 0 Å². The molecule has 0 saturated heterocycles. The second kappa shape index (κ2) is 7.92. The largest absolute Gasteiger partial charge is 0.507 e. The van der Waals surface area contributed by atoms with Gasteiger partial charge in [-0.05, 0) is 24.3 Å².